The van der Waals surface area contributed by atoms with Crippen molar-refractivity contribution < 1.29 is 4.74 Å². The fourth-order valence-corrected chi connectivity index (χ4v) is 3.42. The Kier molecular flexibility index (Phi) is 3.94. The van der Waals surface area contributed by atoms with Crippen LogP contribution in [0.4, 0.5) is 0 Å². The van der Waals surface area contributed by atoms with Gasteiger partial charge in [-0.1, -0.05) is 0 Å². The normalized spacial score (nSPS) is 19.2. The van der Waals surface area contributed by atoms with Gasteiger partial charge in [0.1, 0.15) is 0 Å². The highest BCUT2D eigenvalue weighted by atomic mass is 16.5. The van der Waals surface area contributed by atoms with Crippen LogP contribution in [-0.2, 0) is 11.3 Å². The number of H-pyrrole nitrogens is 3. The van der Waals surface area contributed by atoms with Gasteiger partial charge in [0.2, 0.25) is 0 Å². The smallest absolute Gasteiger partial charge is 0.271 e. The average Bonchev–Trinajstić information content (AvgIpc) is 3.32. The molecular formula is C18H24N4O2. The van der Waals surface area contributed by atoms with Crippen LogP contribution < -0.4 is 16.1 Å². The van der Waals surface area contributed by atoms with Crippen molar-refractivity contribution in [2.24, 2.45) is 0 Å². The van der Waals surface area contributed by atoms with Gasteiger partial charge >= 0.3 is 0 Å². The number of hydrogen-bond donors (Lipinski definition) is 3. The van der Waals surface area contributed by atoms with Crippen LogP contribution in [0.15, 0.2) is 4.79 Å². The number of morpholine rings is 1. The highest BCUT2D eigenvalue weighted by molar-refractivity contribution is 5.59. The lowest BCUT2D eigenvalue weighted by atomic mass is 10.1. The first-order valence-electron chi connectivity index (χ1n) is 8.62. The van der Waals surface area contributed by atoms with Crippen LogP contribution in [0.25, 0.3) is 11.6 Å². The van der Waals surface area contributed by atoms with E-state index >= 15 is 0 Å². The Morgan fingerprint density at radius 3 is 2.62 bits per heavy atom. The Bertz CT molecular complexity index is 919. The maximum atomic E-state index is 12.1. The zero-order valence-corrected chi connectivity index (χ0v) is 14.3. The van der Waals surface area contributed by atoms with E-state index in [0.29, 0.717) is 0 Å². The SMILES string of the molecule is Cc1[nH]c(C=c2c(=O)[nH][nH]c2=C2CC2)c(C)c1CN1CCOCC1. The number of nitrogens with one attached hydrogen (secondary N) is 3. The fraction of sp³-hybridized carbons (Fsp3) is 0.500. The lowest BCUT2D eigenvalue weighted by Crippen LogP contribution is -2.35. The van der Waals surface area contributed by atoms with Crippen LogP contribution in [0.2, 0.25) is 0 Å². The topological polar surface area (TPSA) is 76.9 Å². The zero-order valence-electron chi connectivity index (χ0n) is 14.3. The second-order valence-corrected chi connectivity index (χ2v) is 6.77. The quantitative estimate of drug-likeness (QED) is 0.756. The molecule has 0 radical (unpaired) electrons. The van der Waals surface area contributed by atoms with Crippen molar-refractivity contribution in [3.05, 3.63) is 43.4 Å². The van der Waals surface area contributed by atoms with Gasteiger partial charge in [0.25, 0.3) is 5.56 Å². The number of aryl methyl sites for hydroxylation is 1. The maximum Gasteiger partial charge on any atom is 0.271 e. The van der Waals surface area contributed by atoms with Crippen molar-refractivity contribution >= 4 is 11.6 Å². The first-order valence-corrected chi connectivity index (χ1v) is 8.62. The van der Waals surface area contributed by atoms with Gasteiger partial charge in [0, 0.05) is 31.0 Å². The van der Waals surface area contributed by atoms with Gasteiger partial charge in [-0.05, 0) is 49.5 Å². The van der Waals surface area contributed by atoms with E-state index in [2.05, 4.69) is 33.9 Å². The number of hydrogen-bond acceptors (Lipinski definition) is 3. The molecule has 128 valence electrons. The predicted molar refractivity (Wildman–Crippen MR) is 93.2 cm³/mol. The fourth-order valence-electron chi connectivity index (χ4n) is 3.42. The Balaban J connectivity index is 1.72. The van der Waals surface area contributed by atoms with Crippen LogP contribution in [0, 0.1) is 13.8 Å². The van der Waals surface area contributed by atoms with E-state index in [9.17, 15) is 4.79 Å². The third kappa shape index (κ3) is 2.87. The average molecular weight is 328 g/mol. The van der Waals surface area contributed by atoms with E-state index in [0.717, 1.165) is 62.0 Å². The standard InChI is InChI=1S/C18H24N4O2/c1-11-15(10-22-5-7-24-8-6-22)12(2)19-16(11)9-14-17(13-3-4-13)20-21-18(14)23/h9,19-20H,3-8,10H2,1-2H3,(H,21,23). The second kappa shape index (κ2) is 6.11. The summed E-state index contributed by atoms with van der Waals surface area (Å²) in [7, 11) is 0. The highest BCUT2D eigenvalue weighted by Gasteiger charge is 2.17. The molecule has 1 aliphatic carbocycles. The Morgan fingerprint density at radius 1 is 1.17 bits per heavy atom. The Hall–Kier alpha value is -2.05. The molecule has 3 heterocycles. The molecule has 1 saturated carbocycles. The van der Waals surface area contributed by atoms with E-state index in [-0.39, 0.29) is 5.56 Å². The molecule has 3 N–H and O–H groups in total. The molecule has 6 nitrogen and oxygen atoms in total. The first-order chi connectivity index (χ1) is 11.6. The van der Waals surface area contributed by atoms with Crippen molar-refractivity contribution in [1.82, 2.24) is 20.1 Å². The molecule has 0 spiro atoms. The lowest BCUT2D eigenvalue weighted by molar-refractivity contribution is 0.0340. The summed E-state index contributed by atoms with van der Waals surface area (Å²) in [5, 5.41) is 7.45. The molecular weight excluding hydrogens is 304 g/mol. The molecule has 0 bridgehead atoms. The molecule has 4 rings (SSSR count). The molecule has 0 amide bonds. The van der Waals surface area contributed by atoms with Crippen molar-refractivity contribution in [2.45, 2.75) is 33.2 Å². The Labute approximate surface area is 140 Å². The third-order valence-corrected chi connectivity index (χ3v) is 5.07. The number of aromatic nitrogens is 3. The van der Waals surface area contributed by atoms with Crippen LogP contribution in [-0.4, -0.2) is 46.4 Å². The molecule has 0 aromatic carbocycles. The molecule has 1 saturated heterocycles. The predicted octanol–water partition coefficient (Wildman–Crippen LogP) is 0.253. The summed E-state index contributed by atoms with van der Waals surface area (Å²) in [5.74, 6) is 0. The summed E-state index contributed by atoms with van der Waals surface area (Å²) < 4.78 is 5.43. The van der Waals surface area contributed by atoms with Crippen LogP contribution in [0.1, 0.15) is 35.4 Å². The second-order valence-electron chi connectivity index (χ2n) is 6.77. The number of ether oxygens (including phenoxy) is 1. The van der Waals surface area contributed by atoms with Crippen molar-refractivity contribution in [1.29, 1.82) is 0 Å². The number of aromatic amines is 3. The van der Waals surface area contributed by atoms with Gasteiger partial charge in [-0.3, -0.25) is 19.9 Å². The minimum atomic E-state index is -0.0502. The van der Waals surface area contributed by atoms with Gasteiger partial charge in [-0.25, -0.2) is 0 Å². The summed E-state index contributed by atoms with van der Waals surface area (Å²) in [6.45, 7) is 8.74. The minimum Gasteiger partial charge on any atom is -0.379 e. The van der Waals surface area contributed by atoms with Gasteiger partial charge in [0.15, 0.2) is 0 Å². The molecule has 0 unspecified atom stereocenters. The molecule has 24 heavy (non-hydrogen) atoms. The molecule has 2 aliphatic rings. The summed E-state index contributed by atoms with van der Waals surface area (Å²) in [6, 6.07) is 0. The van der Waals surface area contributed by atoms with Gasteiger partial charge in [0.05, 0.1) is 23.8 Å². The lowest BCUT2D eigenvalue weighted by Gasteiger charge is -2.26. The van der Waals surface area contributed by atoms with Gasteiger partial charge in [-0.15, -0.1) is 0 Å². The Morgan fingerprint density at radius 2 is 1.92 bits per heavy atom. The minimum absolute atomic E-state index is 0.0502. The number of rotatable bonds is 3. The van der Waals surface area contributed by atoms with Crippen molar-refractivity contribution in [3.8, 4) is 0 Å². The van der Waals surface area contributed by atoms with E-state index in [1.54, 1.807) is 0 Å². The van der Waals surface area contributed by atoms with Crippen LogP contribution >= 0.6 is 0 Å². The maximum absolute atomic E-state index is 12.1. The van der Waals surface area contributed by atoms with E-state index < -0.39 is 0 Å². The van der Waals surface area contributed by atoms with Gasteiger partial charge < -0.3 is 9.72 Å². The molecule has 0 atom stereocenters. The summed E-state index contributed by atoms with van der Waals surface area (Å²) >= 11 is 0. The molecule has 6 heteroatoms. The van der Waals surface area contributed by atoms with E-state index in [4.69, 9.17) is 4.74 Å². The summed E-state index contributed by atoms with van der Waals surface area (Å²) in [5.41, 5.74) is 6.04. The number of nitrogens with zero attached hydrogens (tertiary/aromatic N) is 1. The zero-order chi connectivity index (χ0) is 16.7. The van der Waals surface area contributed by atoms with Gasteiger partial charge in [-0.2, -0.15) is 0 Å². The molecule has 2 aromatic rings. The molecule has 2 aromatic heterocycles. The molecule has 2 fully saturated rings. The largest absolute Gasteiger partial charge is 0.379 e. The highest BCUT2D eigenvalue weighted by Crippen LogP contribution is 2.26. The van der Waals surface area contributed by atoms with Crippen LogP contribution in [0.5, 0.6) is 0 Å². The van der Waals surface area contributed by atoms with E-state index in [1.807, 2.05) is 6.08 Å². The summed E-state index contributed by atoms with van der Waals surface area (Å²) in [6.07, 6.45) is 4.15. The third-order valence-electron chi connectivity index (χ3n) is 5.07. The van der Waals surface area contributed by atoms with Crippen molar-refractivity contribution in [2.75, 3.05) is 26.3 Å². The van der Waals surface area contributed by atoms with Crippen LogP contribution in [0.3, 0.4) is 0 Å². The first kappa shape index (κ1) is 15.5. The molecule has 1 aliphatic heterocycles. The summed E-state index contributed by atoms with van der Waals surface area (Å²) in [4.78, 5) is 18.0. The van der Waals surface area contributed by atoms with E-state index in [1.165, 1.54) is 22.4 Å². The van der Waals surface area contributed by atoms with Crippen molar-refractivity contribution in [3.63, 3.8) is 0 Å². The monoisotopic (exact) mass is 328 g/mol.